The summed E-state index contributed by atoms with van der Waals surface area (Å²) in [7, 11) is 0. The van der Waals surface area contributed by atoms with Crippen molar-refractivity contribution in [1.29, 1.82) is 0 Å². The second kappa shape index (κ2) is 7.90. The second-order valence-corrected chi connectivity index (χ2v) is 7.47. The summed E-state index contributed by atoms with van der Waals surface area (Å²) < 4.78 is 5.66. The Balaban J connectivity index is 1.58. The van der Waals surface area contributed by atoms with Crippen molar-refractivity contribution in [3.63, 3.8) is 0 Å². The predicted octanol–water partition coefficient (Wildman–Crippen LogP) is 2.17. The van der Waals surface area contributed by atoms with Gasteiger partial charge >= 0.3 is 0 Å². The molecule has 1 saturated heterocycles. The number of hydrogen-bond donors (Lipinski definition) is 1. The smallest absolute Gasteiger partial charge is 0.277 e. The fraction of sp³-hybridized carbons (Fsp3) is 0.444. The molecule has 2 aromatic rings. The van der Waals surface area contributed by atoms with Gasteiger partial charge in [-0.2, -0.15) is 0 Å². The maximum atomic E-state index is 12.4. The number of hydrogen-bond acceptors (Lipinski definition) is 6. The van der Waals surface area contributed by atoms with Crippen LogP contribution in [0.25, 0.3) is 11.5 Å². The molecule has 26 heavy (non-hydrogen) atoms. The average Bonchev–Trinajstić information content (AvgIpc) is 3.11. The summed E-state index contributed by atoms with van der Waals surface area (Å²) >= 11 is 1.21. The van der Waals surface area contributed by atoms with E-state index in [2.05, 4.69) is 10.2 Å². The lowest BCUT2D eigenvalue weighted by Crippen LogP contribution is -2.44. The van der Waals surface area contributed by atoms with Gasteiger partial charge in [-0.05, 0) is 49.9 Å². The zero-order valence-corrected chi connectivity index (χ0v) is 15.7. The van der Waals surface area contributed by atoms with Crippen LogP contribution < -0.4 is 5.73 Å². The summed E-state index contributed by atoms with van der Waals surface area (Å²) in [6, 6.07) is 5.95. The normalized spacial score (nSPS) is 17.3. The van der Waals surface area contributed by atoms with Gasteiger partial charge in [0.2, 0.25) is 17.7 Å². The Hall–Kier alpha value is -2.35. The first-order chi connectivity index (χ1) is 12.4. The number of carbonyl (C=O) groups excluding carboxylic acids is 2. The number of aromatic nitrogens is 2. The first kappa shape index (κ1) is 18.4. The van der Waals surface area contributed by atoms with Crippen LogP contribution >= 0.6 is 11.8 Å². The van der Waals surface area contributed by atoms with Gasteiger partial charge in [0.05, 0.1) is 11.7 Å². The van der Waals surface area contributed by atoms with Gasteiger partial charge in [-0.25, -0.2) is 0 Å². The van der Waals surface area contributed by atoms with E-state index in [4.69, 9.17) is 10.2 Å². The summed E-state index contributed by atoms with van der Waals surface area (Å²) in [6.07, 6.45) is 1.54. The largest absolute Gasteiger partial charge is 0.411 e. The lowest BCUT2D eigenvalue weighted by atomic mass is 9.97. The first-order valence-electron chi connectivity index (χ1n) is 8.55. The lowest BCUT2D eigenvalue weighted by molar-refractivity contribution is -0.132. The van der Waals surface area contributed by atoms with Gasteiger partial charge in [-0.3, -0.25) is 9.59 Å². The van der Waals surface area contributed by atoms with Gasteiger partial charge in [0.1, 0.15) is 0 Å². The van der Waals surface area contributed by atoms with Gasteiger partial charge < -0.3 is 15.1 Å². The van der Waals surface area contributed by atoms with E-state index in [-0.39, 0.29) is 23.5 Å². The third-order valence-corrected chi connectivity index (χ3v) is 5.46. The molecule has 3 rings (SSSR count). The number of amides is 2. The van der Waals surface area contributed by atoms with Crippen LogP contribution in [0.1, 0.15) is 24.0 Å². The Kier molecular flexibility index (Phi) is 5.61. The van der Waals surface area contributed by atoms with Crippen molar-refractivity contribution in [3.8, 4) is 11.5 Å². The van der Waals surface area contributed by atoms with Crippen molar-refractivity contribution < 1.29 is 14.0 Å². The van der Waals surface area contributed by atoms with Gasteiger partial charge in [0, 0.05) is 18.7 Å². The number of nitrogens with two attached hydrogens (primary N) is 1. The van der Waals surface area contributed by atoms with E-state index in [0.29, 0.717) is 24.2 Å². The summed E-state index contributed by atoms with van der Waals surface area (Å²) in [5.74, 6) is -0.00990. The highest BCUT2D eigenvalue weighted by atomic mass is 32.2. The monoisotopic (exact) mass is 374 g/mol. The number of piperidine rings is 1. The maximum absolute atomic E-state index is 12.4. The van der Waals surface area contributed by atoms with Crippen LogP contribution in [0.3, 0.4) is 0 Å². The van der Waals surface area contributed by atoms with E-state index in [1.807, 2.05) is 32.0 Å². The molecule has 2 amide bonds. The molecule has 1 fully saturated rings. The van der Waals surface area contributed by atoms with E-state index in [1.54, 1.807) is 4.90 Å². The molecule has 0 aliphatic carbocycles. The molecule has 138 valence electrons. The van der Waals surface area contributed by atoms with Crippen molar-refractivity contribution in [3.05, 3.63) is 29.3 Å². The fourth-order valence-corrected chi connectivity index (χ4v) is 3.58. The highest BCUT2D eigenvalue weighted by molar-refractivity contribution is 7.99. The van der Waals surface area contributed by atoms with Crippen LogP contribution in [0.2, 0.25) is 0 Å². The molecular weight excluding hydrogens is 352 g/mol. The van der Waals surface area contributed by atoms with Crippen LogP contribution in [0.5, 0.6) is 0 Å². The molecule has 0 unspecified atom stereocenters. The number of benzene rings is 1. The molecule has 1 aliphatic rings. The molecule has 0 bridgehead atoms. The van der Waals surface area contributed by atoms with Gasteiger partial charge in [-0.15, -0.1) is 10.2 Å². The molecular formula is C18H22N4O3S. The number of rotatable bonds is 5. The van der Waals surface area contributed by atoms with E-state index in [0.717, 1.165) is 24.0 Å². The molecule has 0 saturated carbocycles. The number of carbonyl (C=O) groups is 2. The highest BCUT2D eigenvalue weighted by Gasteiger charge is 2.27. The Bertz CT molecular complexity index is 821. The number of likely N-dealkylation sites (tertiary alicyclic amines) is 1. The van der Waals surface area contributed by atoms with Gasteiger partial charge in [0.15, 0.2) is 0 Å². The van der Waals surface area contributed by atoms with Gasteiger partial charge in [0.25, 0.3) is 5.22 Å². The van der Waals surface area contributed by atoms with Crippen LogP contribution in [0, 0.1) is 19.8 Å². The second-order valence-electron chi connectivity index (χ2n) is 6.54. The van der Waals surface area contributed by atoms with E-state index in [9.17, 15) is 9.59 Å². The Morgan fingerprint density at radius 1 is 1.31 bits per heavy atom. The molecule has 1 aromatic carbocycles. The molecule has 8 heteroatoms. The summed E-state index contributed by atoms with van der Waals surface area (Å²) in [5, 5.41) is 8.42. The van der Waals surface area contributed by atoms with E-state index < -0.39 is 0 Å². The summed E-state index contributed by atoms with van der Waals surface area (Å²) in [4.78, 5) is 25.4. The quantitative estimate of drug-likeness (QED) is 0.805. The molecule has 1 aliphatic heterocycles. The minimum absolute atomic E-state index is 0.0492. The number of thioether (sulfide) groups is 1. The third kappa shape index (κ3) is 4.24. The van der Waals surface area contributed by atoms with Crippen molar-refractivity contribution in [1.82, 2.24) is 15.1 Å². The van der Waals surface area contributed by atoms with Crippen LogP contribution in [-0.4, -0.2) is 45.8 Å². The zero-order valence-electron chi connectivity index (χ0n) is 14.9. The van der Waals surface area contributed by atoms with Crippen LogP contribution in [0.15, 0.2) is 27.8 Å². The van der Waals surface area contributed by atoms with Crippen molar-refractivity contribution >= 4 is 23.6 Å². The third-order valence-electron chi connectivity index (χ3n) is 4.66. The zero-order chi connectivity index (χ0) is 18.7. The molecule has 1 atom stereocenters. The van der Waals surface area contributed by atoms with Gasteiger partial charge in [-0.1, -0.05) is 17.8 Å². The maximum Gasteiger partial charge on any atom is 0.277 e. The molecule has 0 spiro atoms. The number of nitrogens with zero attached hydrogens (tertiary/aromatic N) is 3. The van der Waals surface area contributed by atoms with E-state index in [1.165, 1.54) is 17.3 Å². The lowest BCUT2D eigenvalue weighted by Gasteiger charge is -2.31. The Morgan fingerprint density at radius 3 is 2.85 bits per heavy atom. The fourth-order valence-electron chi connectivity index (χ4n) is 2.91. The Labute approximate surface area is 156 Å². The standard InChI is InChI=1S/C18H22N4O3S/c1-11-5-6-13(8-12(11)2)17-20-21-18(25-17)26-10-15(23)22-7-3-4-14(9-22)16(19)24/h5-6,8,14H,3-4,7,9-10H2,1-2H3,(H2,19,24)/t14-/m1/s1. The van der Waals surface area contributed by atoms with Crippen molar-refractivity contribution in [2.75, 3.05) is 18.8 Å². The SMILES string of the molecule is Cc1ccc(-c2nnc(SCC(=O)N3CCC[C@@H](C(N)=O)C3)o2)cc1C. The Morgan fingerprint density at radius 2 is 2.12 bits per heavy atom. The topological polar surface area (TPSA) is 102 Å². The minimum Gasteiger partial charge on any atom is -0.411 e. The molecule has 0 radical (unpaired) electrons. The number of aryl methyl sites for hydroxylation is 2. The van der Waals surface area contributed by atoms with Crippen LogP contribution in [-0.2, 0) is 9.59 Å². The number of primary amides is 1. The predicted molar refractivity (Wildman–Crippen MR) is 98.4 cm³/mol. The highest BCUT2D eigenvalue weighted by Crippen LogP contribution is 2.25. The first-order valence-corrected chi connectivity index (χ1v) is 9.53. The van der Waals surface area contributed by atoms with Crippen molar-refractivity contribution in [2.24, 2.45) is 11.7 Å². The average molecular weight is 374 g/mol. The molecule has 2 heterocycles. The van der Waals surface area contributed by atoms with E-state index >= 15 is 0 Å². The molecule has 1 aromatic heterocycles. The van der Waals surface area contributed by atoms with Crippen LogP contribution in [0.4, 0.5) is 0 Å². The molecule has 2 N–H and O–H groups in total. The summed E-state index contributed by atoms with van der Waals surface area (Å²) in [5.41, 5.74) is 8.57. The van der Waals surface area contributed by atoms with Crippen molar-refractivity contribution in [2.45, 2.75) is 31.9 Å². The minimum atomic E-state index is -0.343. The molecule has 7 nitrogen and oxygen atoms in total. The summed E-state index contributed by atoms with van der Waals surface area (Å²) in [6.45, 7) is 5.12.